The van der Waals surface area contributed by atoms with E-state index in [-0.39, 0.29) is 0 Å². The smallest absolute Gasteiger partial charge is 0.0594 e. The van der Waals surface area contributed by atoms with Crippen LogP contribution in [0.5, 0.6) is 0 Å². The van der Waals surface area contributed by atoms with Gasteiger partial charge in [-0.3, -0.25) is 9.80 Å². The molecule has 20 heavy (non-hydrogen) atoms. The molecule has 0 spiro atoms. The van der Waals surface area contributed by atoms with E-state index < -0.39 is 0 Å². The lowest BCUT2D eigenvalue weighted by molar-refractivity contribution is 0.0351. The number of morpholine rings is 1. The summed E-state index contributed by atoms with van der Waals surface area (Å²) in [6.45, 7) is 9.96. The van der Waals surface area contributed by atoms with Crippen molar-refractivity contribution in [3.05, 3.63) is 35.4 Å². The Bertz CT molecular complexity index is 429. The van der Waals surface area contributed by atoms with Crippen LogP contribution >= 0.6 is 0 Å². The first-order valence-electron chi connectivity index (χ1n) is 7.94. The molecule has 2 aliphatic heterocycles. The second-order valence-corrected chi connectivity index (χ2v) is 6.10. The van der Waals surface area contributed by atoms with Gasteiger partial charge in [-0.05, 0) is 44.0 Å². The van der Waals surface area contributed by atoms with Crippen LogP contribution < -0.4 is 0 Å². The molecule has 1 saturated heterocycles. The van der Waals surface area contributed by atoms with Crippen molar-refractivity contribution in [2.45, 2.75) is 32.4 Å². The van der Waals surface area contributed by atoms with Gasteiger partial charge in [-0.2, -0.15) is 0 Å². The zero-order valence-corrected chi connectivity index (χ0v) is 12.6. The summed E-state index contributed by atoms with van der Waals surface area (Å²) in [4.78, 5) is 5.18. The van der Waals surface area contributed by atoms with Crippen LogP contribution in [0.15, 0.2) is 24.3 Å². The number of ether oxygens (including phenoxy) is 1. The fourth-order valence-corrected chi connectivity index (χ4v) is 3.35. The Labute approximate surface area is 122 Å². The molecule has 0 amide bonds. The molecule has 0 saturated carbocycles. The molecule has 1 atom stereocenters. The molecule has 1 aromatic carbocycles. The SMILES string of the molecule is CC1Cc2ccccc2CN1CCCN1CCOCC1. The van der Waals surface area contributed by atoms with E-state index in [2.05, 4.69) is 41.0 Å². The van der Waals surface area contributed by atoms with Crippen molar-refractivity contribution >= 4 is 0 Å². The molecule has 1 unspecified atom stereocenters. The van der Waals surface area contributed by atoms with Crippen LogP contribution in [0, 0.1) is 0 Å². The van der Waals surface area contributed by atoms with Gasteiger partial charge in [-0.1, -0.05) is 24.3 Å². The zero-order valence-electron chi connectivity index (χ0n) is 12.6. The molecule has 1 aromatic rings. The lowest BCUT2D eigenvalue weighted by atomic mass is 9.95. The minimum absolute atomic E-state index is 0.676. The van der Waals surface area contributed by atoms with E-state index in [4.69, 9.17) is 4.74 Å². The fourth-order valence-electron chi connectivity index (χ4n) is 3.35. The summed E-state index contributed by atoms with van der Waals surface area (Å²) in [5.41, 5.74) is 3.07. The van der Waals surface area contributed by atoms with Gasteiger partial charge in [0.1, 0.15) is 0 Å². The highest BCUT2D eigenvalue weighted by Gasteiger charge is 2.22. The zero-order chi connectivity index (χ0) is 13.8. The van der Waals surface area contributed by atoms with E-state index in [0.717, 1.165) is 32.8 Å². The molecule has 3 rings (SSSR count). The van der Waals surface area contributed by atoms with Crippen molar-refractivity contribution in [1.82, 2.24) is 9.80 Å². The van der Waals surface area contributed by atoms with Gasteiger partial charge < -0.3 is 4.74 Å². The van der Waals surface area contributed by atoms with Crippen LogP contribution in [-0.2, 0) is 17.7 Å². The molecule has 0 N–H and O–H groups in total. The molecule has 0 aromatic heterocycles. The minimum atomic E-state index is 0.676. The summed E-state index contributed by atoms with van der Waals surface area (Å²) in [5, 5.41) is 0. The number of hydrogen-bond donors (Lipinski definition) is 0. The molecule has 3 heteroatoms. The van der Waals surface area contributed by atoms with Gasteiger partial charge in [0.2, 0.25) is 0 Å². The maximum Gasteiger partial charge on any atom is 0.0594 e. The largest absolute Gasteiger partial charge is 0.379 e. The highest BCUT2D eigenvalue weighted by molar-refractivity contribution is 5.29. The summed E-state index contributed by atoms with van der Waals surface area (Å²) in [5.74, 6) is 0. The fraction of sp³-hybridized carbons (Fsp3) is 0.647. The van der Waals surface area contributed by atoms with Gasteiger partial charge >= 0.3 is 0 Å². The quantitative estimate of drug-likeness (QED) is 0.837. The van der Waals surface area contributed by atoms with E-state index in [0.29, 0.717) is 6.04 Å². The third-order valence-electron chi connectivity index (χ3n) is 4.65. The van der Waals surface area contributed by atoms with Crippen LogP contribution in [-0.4, -0.2) is 55.2 Å². The normalized spacial score (nSPS) is 24.6. The molecule has 0 aliphatic carbocycles. The standard InChI is InChI=1S/C17H26N2O/c1-15-13-16-5-2-3-6-17(16)14-19(15)8-4-7-18-9-11-20-12-10-18/h2-3,5-6,15H,4,7-14H2,1H3. The minimum Gasteiger partial charge on any atom is -0.379 e. The Morgan fingerprint density at radius 2 is 1.85 bits per heavy atom. The van der Waals surface area contributed by atoms with E-state index in [1.807, 2.05) is 0 Å². The lowest BCUT2D eigenvalue weighted by Crippen LogP contribution is -2.41. The molecule has 110 valence electrons. The number of nitrogens with zero attached hydrogens (tertiary/aromatic N) is 2. The highest BCUT2D eigenvalue weighted by atomic mass is 16.5. The molecule has 2 heterocycles. The average Bonchev–Trinajstić information content (AvgIpc) is 2.49. The second-order valence-electron chi connectivity index (χ2n) is 6.10. The second kappa shape index (κ2) is 6.70. The van der Waals surface area contributed by atoms with Gasteiger partial charge in [0.05, 0.1) is 13.2 Å². The van der Waals surface area contributed by atoms with Crippen LogP contribution in [0.25, 0.3) is 0 Å². The molecule has 1 fully saturated rings. The van der Waals surface area contributed by atoms with Crippen molar-refractivity contribution in [2.75, 3.05) is 39.4 Å². The lowest BCUT2D eigenvalue weighted by Gasteiger charge is -2.35. The number of benzene rings is 1. The molecule has 2 aliphatic rings. The first-order valence-corrected chi connectivity index (χ1v) is 7.94. The van der Waals surface area contributed by atoms with Crippen LogP contribution in [0.4, 0.5) is 0 Å². The predicted molar refractivity (Wildman–Crippen MR) is 81.9 cm³/mol. The predicted octanol–water partition coefficient (Wildman–Crippen LogP) is 2.16. The van der Waals surface area contributed by atoms with Crippen molar-refractivity contribution in [2.24, 2.45) is 0 Å². The molecular weight excluding hydrogens is 248 g/mol. The third kappa shape index (κ3) is 3.40. The van der Waals surface area contributed by atoms with Crippen LogP contribution in [0.1, 0.15) is 24.5 Å². The third-order valence-corrected chi connectivity index (χ3v) is 4.65. The topological polar surface area (TPSA) is 15.7 Å². The van der Waals surface area contributed by atoms with E-state index in [1.54, 1.807) is 5.56 Å². The molecule has 0 bridgehead atoms. The molecule has 3 nitrogen and oxygen atoms in total. The van der Waals surface area contributed by atoms with Gasteiger partial charge in [-0.15, -0.1) is 0 Å². The number of fused-ring (bicyclic) bond motifs is 1. The van der Waals surface area contributed by atoms with E-state index in [9.17, 15) is 0 Å². The first kappa shape index (κ1) is 14.1. The summed E-state index contributed by atoms with van der Waals surface area (Å²) >= 11 is 0. The van der Waals surface area contributed by atoms with Gasteiger partial charge in [0.15, 0.2) is 0 Å². The summed E-state index contributed by atoms with van der Waals surface area (Å²) in [7, 11) is 0. The van der Waals surface area contributed by atoms with Crippen molar-refractivity contribution in [3.63, 3.8) is 0 Å². The van der Waals surface area contributed by atoms with Crippen molar-refractivity contribution in [1.29, 1.82) is 0 Å². The van der Waals surface area contributed by atoms with Gasteiger partial charge in [0.25, 0.3) is 0 Å². The summed E-state index contributed by atoms with van der Waals surface area (Å²) in [6, 6.07) is 9.59. The first-order chi connectivity index (χ1) is 9.83. The van der Waals surface area contributed by atoms with Crippen LogP contribution in [0.3, 0.4) is 0 Å². The maximum absolute atomic E-state index is 5.40. The average molecular weight is 274 g/mol. The summed E-state index contributed by atoms with van der Waals surface area (Å²) in [6.07, 6.45) is 2.47. The highest BCUT2D eigenvalue weighted by Crippen LogP contribution is 2.23. The number of rotatable bonds is 4. The Hall–Kier alpha value is -0.900. The Morgan fingerprint density at radius 3 is 2.65 bits per heavy atom. The van der Waals surface area contributed by atoms with Crippen molar-refractivity contribution < 1.29 is 4.74 Å². The Morgan fingerprint density at radius 1 is 1.10 bits per heavy atom. The molecular formula is C17H26N2O. The maximum atomic E-state index is 5.40. The Balaban J connectivity index is 1.48. The van der Waals surface area contributed by atoms with E-state index >= 15 is 0 Å². The monoisotopic (exact) mass is 274 g/mol. The Kier molecular flexibility index (Phi) is 4.71. The van der Waals surface area contributed by atoms with E-state index in [1.165, 1.54) is 31.5 Å². The summed E-state index contributed by atoms with van der Waals surface area (Å²) < 4.78 is 5.40. The van der Waals surface area contributed by atoms with Gasteiger partial charge in [-0.25, -0.2) is 0 Å². The van der Waals surface area contributed by atoms with Crippen molar-refractivity contribution in [3.8, 4) is 0 Å². The van der Waals surface area contributed by atoms with Crippen LogP contribution in [0.2, 0.25) is 0 Å². The van der Waals surface area contributed by atoms with Gasteiger partial charge in [0, 0.05) is 25.7 Å². The number of hydrogen-bond acceptors (Lipinski definition) is 3. The molecule has 0 radical (unpaired) electrons.